The van der Waals surface area contributed by atoms with Crippen molar-refractivity contribution in [2.75, 3.05) is 4.90 Å². The molecule has 3 nitrogen and oxygen atoms in total. The van der Waals surface area contributed by atoms with Crippen molar-refractivity contribution in [2.24, 2.45) is 0 Å². The van der Waals surface area contributed by atoms with E-state index < -0.39 is 10.8 Å². The number of para-hydroxylation sites is 4. The molecule has 0 amide bonds. The van der Waals surface area contributed by atoms with Crippen LogP contribution in [0.5, 0.6) is 23.0 Å². The Morgan fingerprint density at radius 3 is 1.18 bits per heavy atom. The van der Waals surface area contributed by atoms with Crippen LogP contribution in [0.15, 0.2) is 261 Å². The van der Waals surface area contributed by atoms with Gasteiger partial charge in [-0.1, -0.05) is 200 Å². The lowest BCUT2D eigenvalue weighted by atomic mass is 9.66. The molecule has 0 fully saturated rings. The van der Waals surface area contributed by atoms with Gasteiger partial charge in [0.15, 0.2) is 0 Å². The van der Waals surface area contributed by atoms with Crippen molar-refractivity contribution in [3.63, 3.8) is 0 Å². The first kappa shape index (κ1) is 39.8. The standard InChI is InChI=1S/C68H43NO2/c1-2-17-44(18-3-1)45-33-37-47(38-34-45)69(49-41-42-52-51-19-4-6-22-54(51)68(61(52)43-49)58-26-10-14-31-64(58)71-65-32-15-11-27-59(65)68)48-39-35-46(36-40-48)50-21-16-28-60-66(50)53-20-5-7-23-55(53)67(60)56-24-8-12-29-62(56)70-63-30-13-9-25-57(63)67/h1-43H. The fourth-order valence-corrected chi connectivity index (χ4v) is 12.8. The van der Waals surface area contributed by atoms with Crippen LogP contribution in [0.4, 0.5) is 17.1 Å². The Bertz CT molecular complexity index is 3860. The first-order chi connectivity index (χ1) is 35.2. The van der Waals surface area contributed by atoms with E-state index in [4.69, 9.17) is 9.47 Å². The first-order valence-electron chi connectivity index (χ1n) is 24.5. The summed E-state index contributed by atoms with van der Waals surface area (Å²) in [6.07, 6.45) is 0. The van der Waals surface area contributed by atoms with Crippen molar-refractivity contribution in [2.45, 2.75) is 10.8 Å². The number of benzene rings is 11. The van der Waals surface area contributed by atoms with Crippen molar-refractivity contribution >= 4 is 17.1 Å². The van der Waals surface area contributed by atoms with E-state index in [9.17, 15) is 0 Å². The van der Waals surface area contributed by atoms with Crippen molar-refractivity contribution in [1.29, 1.82) is 0 Å². The number of anilines is 3. The maximum Gasteiger partial charge on any atom is 0.132 e. The Morgan fingerprint density at radius 1 is 0.239 bits per heavy atom. The summed E-state index contributed by atoms with van der Waals surface area (Å²) in [6, 6.07) is 95.0. The summed E-state index contributed by atoms with van der Waals surface area (Å²) >= 11 is 0. The Kier molecular flexibility index (Phi) is 8.49. The zero-order valence-electron chi connectivity index (χ0n) is 38.6. The number of hydrogen-bond acceptors (Lipinski definition) is 3. The quantitative estimate of drug-likeness (QED) is 0.172. The topological polar surface area (TPSA) is 21.7 Å². The maximum atomic E-state index is 6.70. The summed E-state index contributed by atoms with van der Waals surface area (Å²) in [4.78, 5) is 2.42. The van der Waals surface area contributed by atoms with Gasteiger partial charge in [0, 0.05) is 39.3 Å². The minimum Gasteiger partial charge on any atom is -0.457 e. The molecule has 2 heterocycles. The van der Waals surface area contributed by atoms with Crippen molar-refractivity contribution in [3.05, 3.63) is 305 Å². The third-order valence-corrected chi connectivity index (χ3v) is 15.6. The fourth-order valence-electron chi connectivity index (χ4n) is 12.8. The number of ether oxygens (including phenoxy) is 2. The van der Waals surface area contributed by atoms with Gasteiger partial charge >= 0.3 is 0 Å². The zero-order valence-corrected chi connectivity index (χ0v) is 38.6. The minimum atomic E-state index is -0.590. The van der Waals surface area contributed by atoms with E-state index in [1.54, 1.807) is 0 Å². The third-order valence-electron chi connectivity index (χ3n) is 15.6. The number of fused-ring (bicyclic) bond motifs is 18. The van der Waals surface area contributed by atoms with Crippen LogP contribution in [-0.4, -0.2) is 0 Å². The molecule has 3 heteroatoms. The van der Waals surface area contributed by atoms with Crippen LogP contribution in [0, 0.1) is 0 Å². The lowest BCUT2D eigenvalue weighted by Gasteiger charge is -2.39. The van der Waals surface area contributed by atoms with Gasteiger partial charge in [0.2, 0.25) is 0 Å². The highest BCUT2D eigenvalue weighted by Crippen LogP contribution is 2.65. The van der Waals surface area contributed by atoms with Gasteiger partial charge in [0.25, 0.3) is 0 Å². The molecule has 2 aliphatic carbocycles. The first-order valence-corrected chi connectivity index (χ1v) is 24.5. The second kappa shape index (κ2) is 15.2. The van der Waals surface area contributed by atoms with Gasteiger partial charge in [-0.25, -0.2) is 0 Å². The van der Waals surface area contributed by atoms with Gasteiger partial charge in [-0.15, -0.1) is 0 Å². The monoisotopic (exact) mass is 905 g/mol. The van der Waals surface area contributed by atoms with E-state index in [0.717, 1.165) is 56.8 Å². The molecule has 71 heavy (non-hydrogen) atoms. The predicted octanol–water partition coefficient (Wildman–Crippen LogP) is 17.4. The van der Waals surface area contributed by atoms with Crippen molar-refractivity contribution in [1.82, 2.24) is 0 Å². The molecule has 0 atom stereocenters. The number of rotatable bonds is 5. The summed E-state index contributed by atoms with van der Waals surface area (Å²) in [5.74, 6) is 3.56. The van der Waals surface area contributed by atoms with E-state index in [1.165, 1.54) is 72.3 Å². The molecule has 0 saturated carbocycles. The molecule has 0 N–H and O–H groups in total. The molecule has 4 aliphatic rings. The smallest absolute Gasteiger partial charge is 0.132 e. The van der Waals surface area contributed by atoms with Crippen LogP contribution in [0.1, 0.15) is 44.5 Å². The van der Waals surface area contributed by atoms with Gasteiger partial charge < -0.3 is 14.4 Å². The summed E-state index contributed by atoms with van der Waals surface area (Å²) in [5.41, 5.74) is 21.5. The third kappa shape index (κ3) is 5.49. The average Bonchev–Trinajstić information content (AvgIpc) is 3.90. The number of nitrogens with zero attached hydrogens (tertiary/aromatic N) is 1. The van der Waals surface area contributed by atoms with Crippen molar-refractivity contribution < 1.29 is 9.47 Å². The highest BCUT2D eigenvalue weighted by molar-refractivity contribution is 5.97. The maximum absolute atomic E-state index is 6.70. The molecule has 332 valence electrons. The largest absolute Gasteiger partial charge is 0.457 e. The Labute approximate surface area is 413 Å². The van der Waals surface area contributed by atoms with Gasteiger partial charge in [-0.3, -0.25) is 0 Å². The van der Waals surface area contributed by atoms with E-state index >= 15 is 0 Å². The number of hydrogen-bond donors (Lipinski definition) is 0. The molecule has 0 bridgehead atoms. The van der Waals surface area contributed by atoms with Crippen LogP contribution in [0.3, 0.4) is 0 Å². The molecule has 2 spiro atoms. The minimum absolute atomic E-state index is 0.536. The highest BCUT2D eigenvalue weighted by Gasteiger charge is 2.53. The van der Waals surface area contributed by atoms with Crippen LogP contribution in [0.2, 0.25) is 0 Å². The average molecular weight is 906 g/mol. The molecule has 15 rings (SSSR count). The van der Waals surface area contributed by atoms with Crippen LogP contribution >= 0.6 is 0 Å². The second-order valence-corrected chi connectivity index (χ2v) is 19.0. The molecule has 0 saturated heterocycles. The molecule has 0 radical (unpaired) electrons. The molecule has 11 aromatic rings. The van der Waals surface area contributed by atoms with Crippen LogP contribution in [0.25, 0.3) is 44.5 Å². The lowest BCUT2D eigenvalue weighted by Crippen LogP contribution is -2.32. The van der Waals surface area contributed by atoms with Gasteiger partial charge in [-0.2, -0.15) is 0 Å². The molecule has 2 aliphatic heterocycles. The zero-order chi connectivity index (χ0) is 46.7. The van der Waals surface area contributed by atoms with Crippen LogP contribution < -0.4 is 14.4 Å². The SMILES string of the molecule is c1ccc(-c2ccc(N(c3ccc(-c4cccc5c4-c4ccccc4C54c5ccccc5Oc5ccccc54)cc3)c3ccc4c(c3)C3(c5ccccc5Oc5ccccc53)c3ccccc3-4)cc2)cc1. The Hall–Kier alpha value is -9.18. The molecule has 0 aromatic heterocycles. The predicted molar refractivity (Wildman–Crippen MR) is 287 cm³/mol. The summed E-state index contributed by atoms with van der Waals surface area (Å²) in [6.45, 7) is 0. The van der Waals surface area contributed by atoms with E-state index in [1.807, 2.05) is 0 Å². The van der Waals surface area contributed by atoms with Gasteiger partial charge in [0.05, 0.1) is 10.8 Å². The second-order valence-electron chi connectivity index (χ2n) is 19.0. The highest BCUT2D eigenvalue weighted by atomic mass is 16.5. The van der Waals surface area contributed by atoms with Crippen LogP contribution in [-0.2, 0) is 10.8 Å². The summed E-state index contributed by atoms with van der Waals surface area (Å²) < 4.78 is 13.3. The lowest BCUT2D eigenvalue weighted by molar-refractivity contribution is 0.436. The molecular formula is C68H43NO2. The summed E-state index contributed by atoms with van der Waals surface area (Å²) in [7, 11) is 0. The van der Waals surface area contributed by atoms with E-state index in [2.05, 4.69) is 266 Å². The van der Waals surface area contributed by atoms with Gasteiger partial charge in [-0.05, 0) is 127 Å². The van der Waals surface area contributed by atoms with Gasteiger partial charge in [0.1, 0.15) is 23.0 Å². The van der Waals surface area contributed by atoms with E-state index in [0.29, 0.717) is 0 Å². The Balaban J connectivity index is 0.916. The Morgan fingerprint density at radius 2 is 0.620 bits per heavy atom. The van der Waals surface area contributed by atoms with E-state index in [-0.39, 0.29) is 0 Å². The molecule has 0 unspecified atom stereocenters. The molecule has 11 aromatic carbocycles. The normalized spacial score (nSPS) is 14.1. The summed E-state index contributed by atoms with van der Waals surface area (Å²) in [5, 5.41) is 0. The molecular weight excluding hydrogens is 863 g/mol. The van der Waals surface area contributed by atoms with Crippen molar-refractivity contribution in [3.8, 4) is 67.5 Å². The fraction of sp³-hybridized carbons (Fsp3) is 0.0294.